The lowest BCUT2D eigenvalue weighted by molar-refractivity contribution is -0.138. The Kier molecular flexibility index (Phi) is 2.08. The van der Waals surface area contributed by atoms with Crippen molar-refractivity contribution in [2.75, 3.05) is 0 Å². The van der Waals surface area contributed by atoms with Gasteiger partial charge in [-0.3, -0.25) is 0 Å². The summed E-state index contributed by atoms with van der Waals surface area (Å²) in [6, 6.07) is 5.82. The van der Waals surface area contributed by atoms with Gasteiger partial charge in [-0.2, -0.15) is 0 Å². The SMILES string of the molecule is O=C(O)c1ccccc1OO. The number of carboxylic acid groups (broad SMARTS) is 1. The summed E-state index contributed by atoms with van der Waals surface area (Å²) in [4.78, 5) is 14.2. The van der Waals surface area contributed by atoms with Crippen molar-refractivity contribution in [3.8, 4) is 5.75 Å². The van der Waals surface area contributed by atoms with Crippen LogP contribution >= 0.6 is 0 Å². The lowest BCUT2D eigenvalue weighted by atomic mass is 10.2. The second kappa shape index (κ2) is 3.03. The van der Waals surface area contributed by atoms with Crippen molar-refractivity contribution in [3.05, 3.63) is 29.8 Å². The van der Waals surface area contributed by atoms with Crippen molar-refractivity contribution in [1.82, 2.24) is 0 Å². The smallest absolute Gasteiger partial charge is 0.339 e. The van der Waals surface area contributed by atoms with E-state index < -0.39 is 5.97 Å². The van der Waals surface area contributed by atoms with Crippen LogP contribution in [0.4, 0.5) is 0 Å². The zero-order valence-electron chi connectivity index (χ0n) is 5.52. The molecule has 2 N–H and O–H groups in total. The van der Waals surface area contributed by atoms with Gasteiger partial charge in [0.1, 0.15) is 5.56 Å². The molecule has 1 aromatic rings. The van der Waals surface area contributed by atoms with Crippen molar-refractivity contribution < 1.29 is 20.0 Å². The van der Waals surface area contributed by atoms with Gasteiger partial charge in [0.2, 0.25) is 0 Å². The summed E-state index contributed by atoms with van der Waals surface area (Å²) in [5, 5.41) is 16.7. The molecule has 0 saturated heterocycles. The zero-order chi connectivity index (χ0) is 8.27. The minimum Gasteiger partial charge on any atom is -0.478 e. The van der Waals surface area contributed by atoms with E-state index in [1.165, 1.54) is 12.1 Å². The molecule has 0 atom stereocenters. The number of rotatable bonds is 2. The van der Waals surface area contributed by atoms with Crippen LogP contribution in [0.3, 0.4) is 0 Å². The molecular formula is C7H6O4. The lowest BCUT2D eigenvalue weighted by Crippen LogP contribution is -1.99. The topological polar surface area (TPSA) is 66.8 Å². The fourth-order valence-corrected chi connectivity index (χ4v) is 0.723. The van der Waals surface area contributed by atoms with Gasteiger partial charge >= 0.3 is 5.97 Å². The Balaban J connectivity index is 3.12. The molecule has 0 spiro atoms. The average Bonchev–Trinajstić information content (AvgIpc) is 2.04. The molecule has 0 aliphatic carbocycles. The zero-order valence-corrected chi connectivity index (χ0v) is 5.52. The maximum absolute atomic E-state index is 10.4. The van der Waals surface area contributed by atoms with E-state index in [9.17, 15) is 4.79 Å². The predicted molar refractivity (Wildman–Crippen MR) is 36.7 cm³/mol. The lowest BCUT2D eigenvalue weighted by Gasteiger charge is -1.99. The largest absolute Gasteiger partial charge is 0.478 e. The first-order valence-corrected chi connectivity index (χ1v) is 2.89. The summed E-state index contributed by atoms with van der Waals surface area (Å²) < 4.78 is 0. The summed E-state index contributed by atoms with van der Waals surface area (Å²) in [5.74, 6) is -1.19. The van der Waals surface area contributed by atoms with Gasteiger partial charge in [0.25, 0.3) is 0 Å². The Hall–Kier alpha value is -1.55. The monoisotopic (exact) mass is 154 g/mol. The highest BCUT2D eigenvalue weighted by Crippen LogP contribution is 2.16. The normalized spacial score (nSPS) is 9.18. The van der Waals surface area contributed by atoms with Crippen LogP contribution in [0.2, 0.25) is 0 Å². The first kappa shape index (κ1) is 7.56. The van der Waals surface area contributed by atoms with Crippen LogP contribution in [-0.4, -0.2) is 16.3 Å². The molecule has 0 radical (unpaired) electrons. The van der Waals surface area contributed by atoms with Crippen LogP contribution in [-0.2, 0) is 0 Å². The van der Waals surface area contributed by atoms with Crippen molar-refractivity contribution >= 4 is 5.97 Å². The van der Waals surface area contributed by atoms with Crippen LogP contribution < -0.4 is 4.89 Å². The first-order valence-electron chi connectivity index (χ1n) is 2.89. The van der Waals surface area contributed by atoms with Gasteiger partial charge in [-0.05, 0) is 12.1 Å². The van der Waals surface area contributed by atoms with Crippen LogP contribution in [0.15, 0.2) is 24.3 Å². The Bertz CT molecular complexity index is 269. The van der Waals surface area contributed by atoms with Gasteiger partial charge in [0.05, 0.1) is 0 Å². The molecular weight excluding hydrogens is 148 g/mol. The molecule has 1 aromatic carbocycles. The van der Waals surface area contributed by atoms with E-state index in [2.05, 4.69) is 4.89 Å². The maximum atomic E-state index is 10.4. The molecule has 4 nitrogen and oxygen atoms in total. The minimum atomic E-state index is -1.13. The highest BCUT2D eigenvalue weighted by Gasteiger charge is 2.09. The van der Waals surface area contributed by atoms with Gasteiger partial charge in [0, 0.05) is 0 Å². The van der Waals surface area contributed by atoms with Gasteiger partial charge in [-0.25, -0.2) is 10.1 Å². The number of hydrogen-bond donors (Lipinski definition) is 2. The molecule has 0 heterocycles. The van der Waals surface area contributed by atoms with Crippen LogP contribution in [0.5, 0.6) is 5.75 Å². The van der Waals surface area contributed by atoms with Crippen LogP contribution in [0.1, 0.15) is 10.4 Å². The third-order valence-electron chi connectivity index (χ3n) is 1.22. The highest BCUT2D eigenvalue weighted by molar-refractivity contribution is 5.90. The van der Waals surface area contributed by atoms with Gasteiger partial charge in [0.15, 0.2) is 5.75 Å². The Morgan fingerprint density at radius 1 is 1.36 bits per heavy atom. The maximum Gasteiger partial charge on any atom is 0.339 e. The Morgan fingerprint density at radius 2 is 2.00 bits per heavy atom. The van der Waals surface area contributed by atoms with Crippen molar-refractivity contribution in [3.63, 3.8) is 0 Å². The molecule has 0 aromatic heterocycles. The van der Waals surface area contributed by atoms with E-state index in [1.807, 2.05) is 0 Å². The average molecular weight is 154 g/mol. The molecule has 58 valence electrons. The Labute approximate surface area is 62.6 Å². The van der Waals surface area contributed by atoms with Gasteiger partial charge < -0.3 is 9.99 Å². The molecule has 0 saturated carbocycles. The molecule has 0 fully saturated rings. The van der Waals surface area contributed by atoms with E-state index >= 15 is 0 Å². The van der Waals surface area contributed by atoms with Gasteiger partial charge in [-0.1, -0.05) is 12.1 Å². The molecule has 11 heavy (non-hydrogen) atoms. The number of aromatic carboxylic acids is 1. The molecule has 0 aliphatic heterocycles. The molecule has 4 heteroatoms. The quantitative estimate of drug-likeness (QED) is 0.496. The number of hydrogen-bond acceptors (Lipinski definition) is 3. The summed E-state index contributed by atoms with van der Waals surface area (Å²) in [6.07, 6.45) is 0. The van der Waals surface area contributed by atoms with Gasteiger partial charge in [-0.15, -0.1) is 0 Å². The fraction of sp³-hybridized carbons (Fsp3) is 0. The van der Waals surface area contributed by atoms with E-state index in [0.29, 0.717) is 0 Å². The van der Waals surface area contributed by atoms with Crippen molar-refractivity contribution in [2.24, 2.45) is 0 Å². The van der Waals surface area contributed by atoms with E-state index in [1.54, 1.807) is 12.1 Å². The summed E-state index contributed by atoms with van der Waals surface area (Å²) >= 11 is 0. The van der Waals surface area contributed by atoms with Crippen LogP contribution in [0.25, 0.3) is 0 Å². The third kappa shape index (κ3) is 1.47. The number of para-hydroxylation sites is 1. The van der Waals surface area contributed by atoms with E-state index in [4.69, 9.17) is 10.4 Å². The van der Waals surface area contributed by atoms with E-state index in [-0.39, 0.29) is 11.3 Å². The van der Waals surface area contributed by atoms with Crippen molar-refractivity contribution in [1.29, 1.82) is 0 Å². The van der Waals surface area contributed by atoms with Crippen molar-refractivity contribution in [2.45, 2.75) is 0 Å². The molecule has 0 amide bonds. The Morgan fingerprint density at radius 3 is 2.45 bits per heavy atom. The predicted octanol–water partition coefficient (Wildman–Crippen LogP) is 1.24. The third-order valence-corrected chi connectivity index (χ3v) is 1.22. The van der Waals surface area contributed by atoms with E-state index in [0.717, 1.165) is 0 Å². The molecule has 1 rings (SSSR count). The molecule has 0 unspecified atom stereocenters. The second-order valence-corrected chi connectivity index (χ2v) is 1.89. The summed E-state index contributed by atoms with van der Waals surface area (Å²) in [6.45, 7) is 0. The fourth-order valence-electron chi connectivity index (χ4n) is 0.723. The first-order chi connectivity index (χ1) is 5.25. The number of carboxylic acids is 1. The van der Waals surface area contributed by atoms with Crippen LogP contribution in [0, 0.1) is 0 Å². The molecule has 0 bridgehead atoms. The number of benzene rings is 1. The highest BCUT2D eigenvalue weighted by atomic mass is 17.1. The molecule has 0 aliphatic rings. The minimum absolute atomic E-state index is 0.0556. The second-order valence-electron chi connectivity index (χ2n) is 1.89. The standard InChI is InChI=1S/C7H6O4/c8-7(9)5-3-1-2-4-6(5)11-10/h1-4,10H,(H,8,9). The summed E-state index contributed by atoms with van der Waals surface area (Å²) in [5.41, 5.74) is -0.0602. The number of carbonyl (C=O) groups is 1. The summed E-state index contributed by atoms with van der Waals surface area (Å²) in [7, 11) is 0.